The molecular formula is C15H12BrClN2O2. The lowest BCUT2D eigenvalue weighted by Gasteiger charge is -2.07. The van der Waals surface area contributed by atoms with Gasteiger partial charge in [-0.15, -0.1) is 0 Å². The van der Waals surface area contributed by atoms with Crippen molar-refractivity contribution >= 4 is 45.0 Å². The van der Waals surface area contributed by atoms with E-state index in [4.69, 9.17) is 17.3 Å². The van der Waals surface area contributed by atoms with Crippen molar-refractivity contribution in [2.24, 2.45) is 5.73 Å². The Labute approximate surface area is 135 Å². The second kappa shape index (κ2) is 6.74. The number of nitrogens with two attached hydrogens (primary N) is 1. The van der Waals surface area contributed by atoms with Gasteiger partial charge in [0.2, 0.25) is 5.91 Å². The van der Waals surface area contributed by atoms with E-state index in [1.165, 1.54) is 12.1 Å². The molecule has 3 N–H and O–H groups in total. The van der Waals surface area contributed by atoms with E-state index in [1.807, 2.05) is 12.1 Å². The fourth-order valence-electron chi connectivity index (χ4n) is 1.74. The van der Waals surface area contributed by atoms with Crippen molar-refractivity contribution in [2.75, 3.05) is 5.32 Å². The molecule has 2 rings (SSSR count). The fraction of sp³-hybridized carbons (Fsp3) is 0.0667. The summed E-state index contributed by atoms with van der Waals surface area (Å²) in [6.45, 7) is 0. The van der Waals surface area contributed by atoms with Gasteiger partial charge in [-0.2, -0.15) is 0 Å². The van der Waals surface area contributed by atoms with Crippen molar-refractivity contribution in [3.8, 4) is 0 Å². The highest BCUT2D eigenvalue weighted by Gasteiger charge is 2.10. The summed E-state index contributed by atoms with van der Waals surface area (Å²) in [4.78, 5) is 23.2. The Morgan fingerprint density at radius 2 is 1.81 bits per heavy atom. The molecule has 0 aliphatic heterocycles. The third-order valence-corrected chi connectivity index (χ3v) is 3.82. The number of hydrogen-bond donors (Lipinski definition) is 2. The van der Waals surface area contributed by atoms with Gasteiger partial charge in [0.15, 0.2) is 0 Å². The third kappa shape index (κ3) is 3.83. The molecule has 0 fully saturated rings. The standard InChI is InChI=1S/C15H12BrClN2O2/c16-8-9-1-3-10(4-2-9)15(21)19-11-5-6-12(14(18)20)13(17)7-11/h1-7H,8H2,(H2,18,20)(H,19,21). The average Bonchev–Trinajstić information content (AvgIpc) is 2.47. The normalized spacial score (nSPS) is 10.2. The number of carbonyl (C=O) groups is 2. The first-order chi connectivity index (χ1) is 10.0. The summed E-state index contributed by atoms with van der Waals surface area (Å²) in [5.74, 6) is -0.859. The van der Waals surface area contributed by atoms with Crippen molar-refractivity contribution in [2.45, 2.75) is 5.33 Å². The van der Waals surface area contributed by atoms with E-state index < -0.39 is 5.91 Å². The molecule has 0 aromatic heterocycles. The van der Waals surface area contributed by atoms with Gasteiger partial charge in [-0.05, 0) is 35.9 Å². The molecule has 0 aliphatic rings. The smallest absolute Gasteiger partial charge is 0.255 e. The van der Waals surface area contributed by atoms with Crippen LogP contribution < -0.4 is 11.1 Å². The molecule has 6 heteroatoms. The molecule has 0 radical (unpaired) electrons. The van der Waals surface area contributed by atoms with Crippen LogP contribution in [0, 0.1) is 0 Å². The molecule has 4 nitrogen and oxygen atoms in total. The number of anilines is 1. The van der Waals surface area contributed by atoms with Crippen LogP contribution in [-0.2, 0) is 5.33 Å². The lowest BCUT2D eigenvalue weighted by Crippen LogP contribution is -2.14. The monoisotopic (exact) mass is 366 g/mol. The summed E-state index contributed by atoms with van der Waals surface area (Å²) in [7, 11) is 0. The van der Waals surface area contributed by atoms with Crippen LogP contribution in [0.5, 0.6) is 0 Å². The van der Waals surface area contributed by atoms with Crippen molar-refractivity contribution in [1.29, 1.82) is 0 Å². The minimum Gasteiger partial charge on any atom is -0.366 e. The molecular weight excluding hydrogens is 356 g/mol. The summed E-state index contributed by atoms with van der Waals surface area (Å²) in [5.41, 5.74) is 7.51. The topological polar surface area (TPSA) is 72.2 Å². The summed E-state index contributed by atoms with van der Waals surface area (Å²) < 4.78 is 0. The second-order valence-electron chi connectivity index (χ2n) is 4.34. The molecule has 2 amide bonds. The zero-order valence-corrected chi connectivity index (χ0v) is 13.2. The number of hydrogen-bond acceptors (Lipinski definition) is 2. The highest BCUT2D eigenvalue weighted by molar-refractivity contribution is 9.08. The highest BCUT2D eigenvalue weighted by Crippen LogP contribution is 2.21. The first-order valence-electron chi connectivity index (χ1n) is 6.07. The summed E-state index contributed by atoms with van der Waals surface area (Å²) in [6, 6.07) is 11.8. The molecule has 0 bridgehead atoms. The molecule has 2 aromatic carbocycles. The number of carbonyl (C=O) groups excluding carboxylic acids is 2. The van der Waals surface area contributed by atoms with E-state index in [9.17, 15) is 9.59 Å². The minimum absolute atomic E-state index is 0.204. The van der Waals surface area contributed by atoms with Crippen LogP contribution in [-0.4, -0.2) is 11.8 Å². The van der Waals surface area contributed by atoms with Crippen molar-refractivity contribution in [1.82, 2.24) is 0 Å². The molecule has 0 saturated heterocycles. The van der Waals surface area contributed by atoms with Gasteiger partial charge >= 0.3 is 0 Å². The SMILES string of the molecule is NC(=O)c1ccc(NC(=O)c2ccc(CBr)cc2)cc1Cl. The molecule has 21 heavy (non-hydrogen) atoms. The Morgan fingerprint density at radius 1 is 1.14 bits per heavy atom. The summed E-state index contributed by atoms with van der Waals surface area (Å²) in [6.07, 6.45) is 0. The molecule has 0 heterocycles. The van der Waals surface area contributed by atoms with E-state index in [-0.39, 0.29) is 16.5 Å². The summed E-state index contributed by atoms with van der Waals surface area (Å²) >= 11 is 9.28. The Morgan fingerprint density at radius 3 is 2.33 bits per heavy atom. The maximum absolute atomic E-state index is 12.1. The highest BCUT2D eigenvalue weighted by atomic mass is 79.9. The maximum atomic E-state index is 12.1. The molecule has 108 valence electrons. The van der Waals surface area contributed by atoms with E-state index >= 15 is 0 Å². The van der Waals surface area contributed by atoms with Crippen LogP contribution >= 0.6 is 27.5 Å². The van der Waals surface area contributed by atoms with Gasteiger partial charge in [0, 0.05) is 16.6 Å². The predicted octanol–water partition coefficient (Wildman–Crippen LogP) is 3.59. The van der Waals surface area contributed by atoms with Gasteiger partial charge in [0.05, 0.1) is 10.6 Å². The van der Waals surface area contributed by atoms with Gasteiger partial charge in [-0.3, -0.25) is 9.59 Å². The fourth-order valence-corrected chi connectivity index (χ4v) is 2.39. The zero-order valence-electron chi connectivity index (χ0n) is 10.9. The van der Waals surface area contributed by atoms with Gasteiger partial charge in [0.1, 0.15) is 0 Å². The number of halogens is 2. The van der Waals surface area contributed by atoms with Crippen LogP contribution in [0.3, 0.4) is 0 Å². The number of primary amides is 1. The average molecular weight is 368 g/mol. The molecule has 0 saturated carbocycles. The molecule has 0 unspecified atom stereocenters. The third-order valence-electron chi connectivity index (χ3n) is 2.86. The Balaban J connectivity index is 2.15. The van der Waals surface area contributed by atoms with E-state index in [0.717, 1.165) is 10.9 Å². The lowest BCUT2D eigenvalue weighted by molar-refractivity contribution is 0.0998. The lowest BCUT2D eigenvalue weighted by atomic mass is 10.1. The van der Waals surface area contributed by atoms with Crippen molar-refractivity contribution in [3.05, 3.63) is 64.2 Å². The Bertz CT molecular complexity index is 687. The molecule has 0 spiro atoms. The molecule has 0 aliphatic carbocycles. The van der Waals surface area contributed by atoms with Crippen LogP contribution in [0.2, 0.25) is 5.02 Å². The summed E-state index contributed by atoms with van der Waals surface area (Å²) in [5, 5.41) is 3.65. The van der Waals surface area contributed by atoms with Gasteiger partial charge in [0.25, 0.3) is 5.91 Å². The largest absolute Gasteiger partial charge is 0.366 e. The number of rotatable bonds is 4. The van der Waals surface area contributed by atoms with E-state index in [2.05, 4.69) is 21.2 Å². The predicted molar refractivity (Wildman–Crippen MR) is 87.0 cm³/mol. The van der Waals surface area contributed by atoms with Crippen LogP contribution in [0.15, 0.2) is 42.5 Å². The number of alkyl halides is 1. The van der Waals surface area contributed by atoms with Crippen LogP contribution in [0.4, 0.5) is 5.69 Å². The van der Waals surface area contributed by atoms with Gasteiger partial charge < -0.3 is 11.1 Å². The first kappa shape index (κ1) is 15.5. The first-order valence-corrected chi connectivity index (χ1v) is 7.57. The minimum atomic E-state index is -0.608. The quantitative estimate of drug-likeness (QED) is 0.811. The van der Waals surface area contributed by atoms with Crippen molar-refractivity contribution < 1.29 is 9.59 Å². The second-order valence-corrected chi connectivity index (χ2v) is 5.31. The zero-order chi connectivity index (χ0) is 15.4. The number of nitrogens with one attached hydrogen (secondary N) is 1. The Kier molecular flexibility index (Phi) is 4.98. The number of amides is 2. The molecule has 0 atom stereocenters. The van der Waals surface area contributed by atoms with E-state index in [0.29, 0.717) is 11.3 Å². The van der Waals surface area contributed by atoms with E-state index in [1.54, 1.807) is 18.2 Å². The van der Waals surface area contributed by atoms with Crippen LogP contribution in [0.1, 0.15) is 26.3 Å². The Hall–Kier alpha value is -1.85. The maximum Gasteiger partial charge on any atom is 0.255 e. The number of benzene rings is 2. The molecule has 2 aromatic rings. The van der Waals surface area contributed by atoms with Crippen molar-refractivity contribution in [3.63, 3.8) is 0 Å². The van der Waals surface area contributed by atoms with Crippen LogP contribution in [0.25, 0.3) is 0 Å². The van der Waals surface area contributed by atoms with Gasteiger partial charge in [-0.25, -0.2) is 0 Å². The van der Waals surface area contributed by atoms with Gasteiger partial charge in [-0.1, -0.05) is 39.7 Å².